The van der Waals surface area contributed by atoms with E-state index in [2.05, 4.69) is 29.4 Å². The van der Waals surface area contributed by atoms with Crippen molar-refractivity contribution in [1.29, 1.82) is 0 Å². The Morgan fingerprint density at radius 1 is 1.40 bits per heavy atom. The summed E-state index contributed by atoms with van der Waals surface area (Å²) in [5.41, 5.74) is 2.02. The summed E-state index contributed by atoms with van der Waals surface area (Å²) in [4.78, 5) is 12.0. The van der Waals surface area contributed by atoms with Crippen LogP contribution in [-0.4, -0.2) is 26.4 Å². The van der Waals surface area contributed by atoms with Gasteiger partial charge in [-0.05, 0) is 17.5 Å². The van der Waals surface area contributed by atoms with Crippen LogP contribution in [0.2, 0.25) is 0 Å². The average molecular weight is 290 g/mol. The highest BCUT2D eigenvalue weighted by Gasteiger charge is 2.10. The summed E-state index contributed by atoms with van der Waals surface area (Å²) >= 11 is 1.37. The van der Waals surface area contributed by atoms with E-state index in [1.54, 1.807) is 10.9 Å². The maximum atomic E-state index is 12.0. The summed E-state index contributed by atoms with van der Waals surface area (Å²) in [5, 5.41) is 11.4. The maximum absolute atomic E-state index is 12.0. The van der Waals surface area contributed by atoms with Gasteiger partial charge in [-0.3, -0.25) is 4.79 Å². The number of aryl methyl sites for hydroxylation is 1. The smallest absolute Gasteiger partial charge is 0.234 e. The molecule has 0 bridgehead atoms. The van der Waals surface area contributed by atoms with Gasteiger partial charge in [0.2, 0.25) is 5.91 Å². The van der Waals surface area contributed by atoms with Gasteiger partial charge in [-0.15, -0.1) is 10.2 Å². The van der Waals surface area contributed by atoms with Gasteiger partial charge in [-0.1, -0.05) is 43.8 Å². The summed E-state index contributed by atoms with van der Waals surface area (Å²) in [6.45, 7) is 4.22. The van der Waals surface area contributed by atoms with Gasteiger partial charge in [0.05, 0.1) is 5.75 Å². The molecule has 0 unspecified atom stereocenters. The van der Waals surface area contributed by atoms with E-state index in [0.717, 1.165) is 16.4 Å². The third-order valence-electron chi connectivity index (χ3n) is 2.86. The topological polar surface area (TPSA) is 59.8 Å². The molecule has 1 aromatic carbocycles. The molecule has 20 heavy (non-hydrogen) atoms. The molecule has 2 aromatic rings. The molecule has 106 valence electrons. The van der Waals surface area contributed by atoms with E-state index in [1.165, 1.54) is 11.8 Å². The highest BCUT2D eigenvalue weighted by molar-refractivity contribution is 7.99. The number of amides is 1. The third-order valence-corrected chi connectivity index (χ3v) is 3.89. The third kappa shape index (κ3) is 3.60. The van der Waals surface area contributed by atoms with Gasteiger partial charge in [0.15, 0.2) is 5.16 Å². The molecular weight excluding hydrogens is 272 g/mol. The number of carbonyl (C=O) groups is 1. The zero-order chi connectivity index (χ0) is 14.5. The highest BCUT2D eigenvalue weighted by Crippen LogP contribution is 2.24. The van der Waals surface area contributed by atoms with Crippen LogP contribution < -0.4 is 5.32 Å². The molecular formula is C14H18N4OS. The molecule has 0 saturated carbocycles. The van der Waals surface area contributed by atoms with Gasteiger partial charge in [0, 0.05) is 12.7 Å². The van der Waals surface area contributed by atoms with Crippen LogP contribution in [0.1, 0.15) is 25.3 Å². The Bertz CT molecular complexity index is 594. The Morgan fingerprint density at radius 3 is 2.80 bits per heavy atom. The number of anilines is 1. The van der Waals surface area contributed by atoms with Crippen LogP contribution in [0.3, 0.4) is 0 Å². The van der Waals surface area contributed by atoms with Crippen LogP contribution in [0.15, 0.2) is 35.7 Å². The van der Waals surface area contributed by atoms with Gasteiger partial charge < -0.3 is 9.88 Å². The molecule has 1 amide bonds. The van der Waals surface area contributed by atoms with Gasteiger partial charge >= 0.3 is 0 Å². The quantitative estimate of drug-likeness (QED) is 0.860. The molecule has 1 N–H and O–H groups in total. The Morgan fingerprint density at radius 2 is 2.15 bits per heavy atom. The fraction of sp³-hybridized carbons (Fsp3) is 0.357. The largest absolute Gasteiger partial charge is 0.325 e. The summed E-state index contributed by atoms with van der Waals surface area (Å²) in [5.74, 6) is 0.655. The first-order valence-electron chi connectivity index (χ1n) is 6.43. The lowest BCUT2D eigenvalue weighted by atomic mass is 10.0. The van der Waals surface area contributed by atoms with Crippen molar-refractivity contribution in [3.63, 3.8) is 0 Å². The maximum Gasteiger partial charge on any atom is 0.234 e. The Labute approximate surface area is 122 Å². The van der Waals surface area contributed by atoms with Gasteiger partial charge in [-0.25, -0.2) is 0 Å². The Balaban J connectivity index is 1.97. The normalized spacial score (nSPS) is 10.8. The number of thioether (sulfide) groups is 1. The summed E-state index contributed by atoms with van der Waals surface area (Å²) in [6.07, 6.45) is 1.62. The van der Waals surface area contributed by atoms with Crippen molar-refractivity contribution in [1.82, 2.24) is 14.8 Å². The number of rotatable bonds is 5. The summed E-state index contributed by atoms with van der Waals surface area (Å²) < 4.78 is 1.79. The number of nitrogens with zero attached hydrogens (tertiary/aromatic N) is 3. The molecule has 0 spiro atoms. The highest BCUT2D eigenvalue weighted by atomic mass is 32.2. The number of benzene rings is 1. The van der Waals surface area contributed by atoms with E-state index in [4.69, 9.17) is 0 Å². The molecule has 0 radical (unpaired) electrons. The molecule has 0 saturated heterocycles. The van der Waals surface area contributed by atoms with Crippen LogP contribution in [0.25, 0.3) is 0 Å². The molecule has 2 rings (SSSR count). The minimum absolute atomic E-state index is 0.0360. The van der Waals surface area contributed by atoms with Crippen LogP contribution in [0.4, 0.5) is 5.69 Å². The molecule has 0 aliphatic carbocycles. The van der Waals surface area contributed by atoms with E-state index in [1.807, 2.05) is 31.3 Å². The van der Waals surface area contributed by atoms with Crippen molar-refractivity contribution < 1.29 is 4.79 Å². The number of nitrogens with one attached hydrogen (secondary N) is 1. The fourth-order valence-corrected chi connectivity index (χ4v) is 2.52. The molecule has 6 heteroatoms. The lowest BCUT2D eigenvalue weighted by Gasteiger charge is -2.13. The van der Waals surface area contributed by atoms with Crippen molar-refractivity contribution in [2.24, 2.45) is 7.05 Å². The van der Waals surface area contributed by atoms with Gasteiger partial charge in [0.1, 0.15) is 6.33 Å². The molecule has 0 aliphatic rings. The number of hydrogen-bond acceptors (Lipinski definition) is 4. The standard InChI is InChI=1S/C14H18N4OS/c1-10(2)11-6-4-5-7-12(11)16-13(19)8-20-14-17-15-9-18(14)3/h4-7,9-10H,8H2,1-3H3,(H,16,19). The monoisotopic (exact) mass is 290 g/mol. The Hall–Kier alpha value is -1.82. The van der Waals surface area contributed by atoms with E-state index in [9.17, 15) is 4.79 Å². The zero-order valence-corrected chi connectivity index (χ0v) is 12.6. The van der Waals surface area contributed by atoms with Crippen molar-refractivity contribution in [2.45, 2.75) is 24.9 Å². The number of carbonyl (C=O) groups excluding carboxylic acids is 1. The molecule has 1 heterocycles. The lowest BCUT2D eigenvalue weighted by Crippen LogP contribution is -2.16. The molecule has 0 atom stereocenters. The first kappa shape index (κ1) is 14.6. The summed E-state index contributed by atoms with van der Waals surface area (Å²) in [7, 11) is 1.86. The molecule has 1 aromatic heterocycles. The second-order valence-electron chi connectivity index (χ2n) is 4.80. The van der Waals surface area contributed by atoms with Crippen molar-refractivity contribution in [2.75, 3.05) is 11.1 Å². The van der Waals surface area contributed by atoms with Crippen molar-refractivity contribution in [3.05, 3.63) is 36.2 Å². The number of hydrogen-bond donors (Lipinski definition) is 1. The van der Waals surface area contributed by atoms with Crippen LogP contribution >= 0.6 is 11.8 Å². The number of aromatic nitrogens is 3. The first-order chi connectivity index (χ1) is 9.58. The van der Waals surface area contributed by atoms with Crippen LogP contribution in [0, 0.1) is 0 Å². The van der Waals surface area contributed by atoms with E-state index >= 15 is 0 Å². The predicted octanol–water partition coefficient (Wildman–Crippen LogP) is 2.67. The predicted molar refractivity (Wildman–Crippen MR) is 80.9 cm³/mol. The molecule has 5 nitrogen and oxygen atoms in total. The Kier molecular flexibility index (Phi) is 4.79. The average Bonchev–Trinajstić information content (AvgIpc) is 2.82. The molecule has 0 fully saturated rings. The summed E-state index contributed by atoms with van der Waals surface area (Å²) in [6, 6.07) is 7.88. The number of para-hydroxylation sites is 1. The SMILES string of the molecule is CC(C)c1ccccc1NC(=O)CSc1nncn1C. The lowest BCUT2D eigenvalue weighted by molar-refractivity contribution is -0.113. The second kappa shape index (κ2) is 6.56. The van der Waals surface area contributed by atoms with Crippen LogP contribution in [0.5, 0.6) is 0 Å². The fourth-order valence-electron chi connectivity index (χ4n) is 1.83. The van der Waals surface area contributed by atoms with Crippen molar-refractivity contribution in [3.8, 4) is 0 Å². The van der Waals surface area contributed by atoms with E-state index < -0.39 is 0 Å². The molecule has 0 aliphatic heterocycles. The van der Waals surface area contributed by atoms with Gasteiger partial charge in [-0.2, -0.15) is 0 Å². The minimum Gasteiger partial charge on any atom is -0.325 e. The van der Waals surface area contributed by atoms with Crippen LogP contribution in [-0.2, 0) is 11.8 Å². The first-order valence-corrected chi connectivity index (χ1v) is 7.42. The van der Waals surface area contributed by atoms with E-state index in [0.29, 0.717) is 11.7 Å². The van der Waals surface area contributed by atoms with E-state index in [-0.39, 0.29) is 5.91 Å². The van der Waals surface area contributed by atoms with Crippen molar-refractivity contribution >= 4 is 23.4 Å². The second-order valence-corrected chi connectivity index (χ2v) is 5.75. The zero-order valence-electron chi connectivity index (χ0n) is 11.8. The minimum atomic E-state index is -0.0360. The van der Waals surface area contributed by atoms with Gasteiger partial charge in [0.25, 0.3) is 0 Å².